The van der Waals surface area contributed by atoms with E-state index in [0.29, 0.717) is 24.9 Å². The van der Waals surface area contributed by atoms with Gasteiger partial charge in [-0.3, -0.25) is 4.79 Å². The number of unbranched alkanes of at least 4 members (excludes halogenated alkanes) is 1. The fourth-order valence-corrected chi connectivity index (χ4v) is 2.21. The van der Waals surface area contributed by atoms with E-state index in [2.05, 4.69) is 19.0 Å². The van der Waals surface area contributed by atoms with Crippen molar-refractivity contribution in [1.82, 2.24) is 9.80 Å². The van der Waals surface area contributed by atoms with Crippen molar-refractivity contribution < 1.29 is 4.79 Å². The molecule has 1 amide bonds. The lowest BCUT2D eigenvalue weighted by Gasteiger charge is -2.35. The van der Waals surface area contributed by atoms with Gasteiger partial charge in [-0.25, -0.2) is 0 Å². The maximum atomic E-state index is 11.8. The Morgan fingerprint density at radius 2 is 1.94 bits per heavy atom. The molecule has 0 radical (unpaired) electrons. The zero-order chi connectivity index (χ0) is 12.0. The minimum absolute atomic E-state index is 0.311. The lowest BCUT2D eigenvalue weighted by molar-refractivity contribution is -0.132. The van der Waals surface area contributed by atoms with E-state index in [1.807, 2.05) is 4.90 Å². The van der Waals surface area contributed by atoms with Crippen molar-refractivity contribution in [2.24, 2.45) is 5.73 Å². The van der Waals surface area contributed by atoms with Gasteiger partial charge in [0.2, 0.25) is 5.91 Å². The number of piperidine rings is 1. The fraction of sp³-hybridized carbons (Fsp3) is 0.917. The molecule has 16 heavy (non-hydrogen) atoms. The summed E-state index contributed by atoms with van der Waals surface area (Å²) in [6, 6.07) is 0.646. The van der Waals surface area contributed by atoms with Crippen LogP contribution in [0.5, 0.6) is 0 Å². The van der Waals surface area contributed by atoms with Crippen molar-refractivity contribution in [3.63, 3.8) is 0 Å². The Hall–Kier alpha value is -0.610. The van der Waals surface area contributed by atoms with Crippen LogP contribution in [0.1, 0.15) is 32.1 Å². The molecule has 0 spiro atoms. The second-order valence-electron chi connectivity index (χ2n) is 4.82. The first-order valence-electron chi connectivity index (χ1n) is 6.29. The molecule has 0 atom stereocenters. The van der Waals surface area contributed by atoms with Crippen molar-refractivity contribution in [2.75, 3.05) is 33.7 Å². The molecule has 0 bridgehead atoms. The van der Waals surface area contributed by atoms with E-state index in [9.17, 15) is 4.79 Å². The molecule has 0 aromatic carbocycles. The van der Waals surface area contributed by atoms with E-state index in [1.54, 1.807) is 0 Å². The van der Waals surface area contributed by atoms with Crippen LogP contribution in [0.3, 0.4) is 0 Å². The van der Waals surface area contributed by atoms with Gasteiger partial charge in [0.15, 0.2) is 0 Å². The highest BCUT2D eigenvalue weighted by molar-refractivity contribution is 5.76. The maximum Gasteiger partial charge on any atom is 0.222 e. The molecule has 1 heterocycles. The van der Waals surface area contributed by atoms with Crippen LogP contribution < -0.4 is 5.73 Å². The zero-order valence-corrected chi connectivity index (χ0v) is 10.6. The molecule has 94 valence electrons. The summed E-state index contributed by atoms with van der Waals surface area (Å²) in [7, 11) is 4.23. The largest absolute Gasteiger partial charge is 0.343 e. The number of nitrogens with two attached hydrogens (primary N) is 1. The molecular weight excluding hydrogens is 202 g/mol. The van der Waals surface area contributed by atoms with Gasteiger partial charge in [0.25, 0.3) is 0 Å². The lowest BCUT2D eigenvalue weighted by atomic mass is 10.0. The van der Waals surface area contributed by atoms with Gasteiger partial charge >= 0.3 is 0 Å². The van der Waals surface area contributed by atoms with Gasteiger partial charge in [0, 0.05) is 25.6 Å². The molecule has 4 nitrogen and oxygen atoms in total. The first-order chi connectivity index (χ1) is 7.65. The number of carbonyl (C=O) groups excluding carboxylic acids is 1. The van der Waals surface area contributed by atoms with Gasteiger partial charge in [-0.1, -0.05) is 0 Å². The number of amides is 1. The molecule has 1 aliphatic rings. The van der Waals surface area contributed by atoms with Crippen LogP contribution in [0.15, 0.2) is 0 Å². The Balaban J connectivity index is 2.22. The predicted molar refractivity (Wildman–Crippen MR) is 66.2 cm³/mol. The van der Waals surface area contributed by atoms with Gasteiger partial charge in [-0.2, -0.15) is 0 Å². The Morgan fingerprint density at radius 3 is 2.44 bits per heavy atom. The van der Waals surface area contributed by atoms with Crippen LogP contribution in [-0.4, -0.2) is 55.5 Å². The number of hydrogen-bond donors (Lipinski definition) is 1. The van der Waals surface area contributed by atoms with E-state index in [0.717, 1.165) is 38.8 Å². The van der Waals surface area contributed by atoms with Crippen LogP contribution in [0.4, 0.5) is 0 Å². The molecule has 0 saturated carbocycles. The summed E-state index contributed by atoms with van der Waals surface area (Å²) in [5, 5.41) is 0. The van der Waals surface area contributed by atoms with Crippen LogP contribution in [0, 0.1) is 0 Å². The van der Waals surface area contributed by atoms with E-state index in [-0.39, 0.29) is 0 Å². The molecule has 2 N–H and O–H groups in total. The van der Waals surface area contributed by atoms with E-state index in [4.69, 9.17) is 5.73 Å². The molecule has 1 saturated heterocycles. The average Bonchev–Trinajstić information content (AvgIpc) is 2.29. The summed E-state index contributed by atoms with van der Waals surface area (Å²) in [4.78, 5) is 16.1. The lowest BCUT2D eigenvalue weighted by Crippen LogP contribution is -2.44. The first-order valence-corrected chi connectivity index (χ1v) is 6.29. The summed E-state index contributed by atoms with van der Waals surface area (Å²) >= 11 is 0. The Kier molecular flexibility index (Phi) is 5.77. The van der Waals surface area contributed by atoms with Crippen molar-refractivity contribution in [1.29, 1.82) is 0 Å². The van der Waals surface area contributed by atoms with E-state index in [1.165, 1.54) is 0 Å². The second-order valence-corrected chi connectivity index (χ2v) is 4.82. The highest BCUT2D eigenvalue weighted by Gasteiger charge is 2.23. The first kappa shape index (κ1) is 13.5. The number of rotatable bonds is 5. The minimum Gasteiger partial charge on any atom is -0.343 e. The van der Waals surface area contributed by atoms with Gasteiger partial charge in [-0.05, 0) is 46.3 Å². The van der Waals surface area contributed by atoms with Crippen LogP contribution in [-0.2, 0) is 4.79 Å². The SMILES string of the molecule is CN(C)C1CCN(C(=O)CCCCN)CC1. The van der Waals surface area contributed by atoms with Crippen molar-refractivity contribution >= 4 is 5.91 Å². The summed E-state index contributed by atoms with van der Waals surface area (Å²) < 4.78 is 0. The number of likely N-dealkylation sites (tertiary alicyclic amines) is 1. The minimum atomic E-state index is 0.311. The van der Waals surface area contributed by atoms with Gasteiger partial charge in [-0.15, -0.1) is 0 Å². The Bertz CT molecular complexity index is 210. The van der Waals surface area contributed by atoms with E-state index >= 15 is 0 Å². The maximum absolute atomic E-state index is 11.8. The van der Waals surface area contributed by atoms with Crippen LogP contribution in [0.2, 0.25) is 0 Å². The quantitative estimate of drug-likeness (QED) is 0.702. The number of carbonyl (C=O) groups is 1. The van der Waals surface area contributed by atoms with Crippen LogP contribution in [0.25, 0.3) is 0 Å². The summed E-state index contributed by atoms with van der Waals surface area (Å²) in [5.41, 5.74) is 5.41. The predicted octanol–water partition coefficient (Wildman–Crippen LogP) is 0.668. The summed E-state index contributed by atoms with van der Waals surface area (Å²) in [5.74, 6) is 0.311. The third kappa shape index (κ3) is 4.10. The molecular formula is C12H25N3O. The third-order valence-corrected chi connectivity index (χ3v) is 3.39. The highest BCUT2D eigenvalue weighted by atomic mass is 16.2. The van der Waals surface area contributed by atoms with Crippen molar-refractivity contribution in [3.05, 3.63) is 0 Å². The average molecular weight is 227 g/mol. The van der Waals surface area contributed by atoms with Crippen molar-refractivity contribution in [2.45, 2.75) is 38.1 Å². The standard InChI is InChI=1S/C12H25N3O/c1-14(2)11-6-9-15(10-7-11)12(16)5-3-4-8-13/h11H,3-10,13H2,1-2H3. The highest BCUT2D eigenvalue weighted by Crippen LogP contribution is 2.15. The third-order valence-electron chi connectivity index (χ3n) is 3.39. The smallest absolute Gasteiger partial charge is 0.222 e. The normalized spacial score (nSPS) is 18.1. The van der Waals surface area contributed by atoms with Gasteiger partial charge in [0.1, 0.15) is 0 Å². The molecule has 1 rings (SSSR count). The summed E-state index contributed by atoms with van der Waals surface area (Å²) in [6.07, 6.45) is 4.78. The fourth-order valence-electron chi connectivity index (χ4n) is 2.21. The molecule has 0 aromatic rings. The van der Waals surface area contributed by atoms with Crippen molar-refractivity contribution in [3.8, 4) is 0 Å². The molecule has 0 aromatic heterocycles. The molecule has 1 aliphatic heterocycles. The second kappa shape index (κ2) is 6.86. The topological polar surface area (TPSA) is 49.6 Å². The van der Waals surface area contributed by atoms with Crippen LogP contribution >= 0.6 is 0 Å². The monoisotopic (exact) mass is 227 g/mol. The Morgan fingerprint density at radius 1 is 1.31 bits per heavy atom. The number of nitrogens with zero attached hydrogens (tertiary/aromatic N) is 2. The Labute approximate surface area is 98.8 Å². The summed E-state index contributed by atoms with van der Waals surface area (Å²) in [6.45, 7) is 2.53. The van der Waals surface area contributed by atoms with Gasteiger partial charge in [0.05, 0.1) is 0 Å². The number of hydrogen-bond acceptors (Lipinski definition) is 3. The molecule has 1 fully saturated rings. The molecule has 0 aliphatic carbocycles. The molecule has 4 heteroatoms. The van der Waals surface area contributed by atoms with Gasteiger partial charge < -0.3 is 15.5 Å². The van der Waals surface area contributed by atoms with E-state index < -0.39 is 0 Å². The zero-order valence-electron chi connectivity index (χ0n) is 10.6. The molecule has 0 unspecified atom stereocenters.